The Morgan fingerprint density at radius 2 is 0.520 bits per heavy atom. The van der Waals surface area contributed by atoms with Crippen molar-refractivity contribution in [2.75, 3.05) is 39.6 Å². The predicted molar refractivity (Wildman–Crippen MR) is 408 cm³/mol. The SMILES string of the molecule is CC/C=C\C/C=C\C/C=C\C/C=C\CCCCC(=O)OCC(COP(=O)(O)OCC(O)COP(=O)(O)OCC(COC(=O)CCCCCCCCC/C=C\C/C=C\C/C=C\CC)OC(=O)CCCCCCC/C=C\CCCCCC)OC(=O)CCCCCCC/C=C\C/C=C\CCCCC. The van der Waals surface area contributed by atoms with Crippen molar-refractivity contribution < 1.29 is 80.2 Å². The molecular formula is C81H138O17P2. The molecule has 0 fully saturated rings. The van der Waals surface area contributed by atoms with Crippen LogP contribution in [0.4, 0.5) is 0 Å². The molecule has 0 rings (SSSR count). The molecule has 3 N–H and O–H groups in total. The van der Waals surface area contributed by atoms with Gasteiger partial charge in [-0.3, -0.25) is 37.3 Å². The summed E-state index contributed by atoms with van der Waals surface area (Å²) in [5, 5.41) is 10.6. The van der Waals surface area contributed by atoms with Gasteiger partial charge in [0.15, 0.2) is 12.2 Å². The summed E-state index contributed by atoms with van der Waals surface area (Å²) in [6.07, 6.45) is 79.0. The molecule has 19 heteroatoms. The Morgan fingerprint density at radius 3 is 0.850 bits per heavy atom. The zero-order chi connectivity index (χ0) is 73.2. The number of ether oxygens (including phenoxy) is 4. The quantitative estimate of drug-likeness (QED) is 0.0169. The van der Waals surface area contributed by atoms with Crippen LogP contribution in [0, 0.1) is 0 Å². The summed E-state index contributed by atoms with van der Waals surface area (Å²) < 4.78 is 68.5. The fourth-order valence-corrected chi connectivity index (χ4v) is 11.6. The number of aliphatic hydroxyl groups is 1. The third kappa shape index (κ3) is 71.8. The van der Waals surface area contributed by atoms with E-state index in [1.54, 1.807) is 0 Å². The van der Waals surface area contributed by atoms with Gasteiger partial charge in [0.2, 0.25) is 0 Å². The van der Waals surface area contributed by atoms with Crippen LogP contribution in [0.2, 0.25) is 0 Å². The van der Waals surface area contributed by atoms with E-state index in [1.807, 2.05) is 0 Å². The van der Waals surface area contributed by atoms with Gasteiger partial charge in [0.05, 0.1) is 26.4 Å². The summed E-state index contributed by atoms with van der Waals surface area (Å²) >= 11 is 0. The first-order chi connectivity index (χ1) is 48.7. The molecule has 0 radical (unpaired) electrons. The van der Waals surface area contributed by atoms with E-state index in [0.717, 1.165) is 186 Å². The summed E-state index contributed by atoms with van der Waals surface area (Å²) in [6, 6.07) is 0. The lowest BCUT2D eigenvalue weighted by molar-refractivity contribution is -0.161. The number of unbranched alkanes of at least 4 members (excludes halogenated alkanes) is 26. The molecule has 0 spiro atoms. The summed E-state index contributed by atoms with van der Waals surface area (Å²) in [4.78, 5) is 72.9. The van der Waals surface area contributed by atoms with Gasteiger partial charge in [-0.25, -0.2) is 9.13 Å². The average Bonchev–Trinajstić information content (AvgIpc) is 0.988. The molecule has 574 valence electrons. The summed E-state index contributed by atoms with van der Waals surface area (Å²) in [6.45, 7) is 4.53. The number of allylic oxidation sites excluding steroid dienone is 20. The van der Waals surface area contributed by atoms with E-state index in [-0.39, 0.29) is 25.7 Å². The Morgan fingerprint density at radius 1 is 0.290 bits per heavy atom. The maximum Gasteiger partial charge on any atom is 0.472 e. The lowest BCUT2D eigenvalue weighted by Crippen LogP contribution is -2.30. The Hall–Kier alpha value is -4.54. The fourth-order valence-electron chi connectivity index (χ4n) is 10.0. The normalized spacial score (nSPS) is 14.6. The third-order valence-corrected chi connectivity index (χ3v) is 17.8. The zero-order valence-corrected chi connectivity index (χ0v) is 64.4. The molecule has 5 atom stereocenters. The number of hydrogen-bond donors (Lipinski definition) is 3. The second-order valence-corrected chi connectivity index (χ2v) is 28.4. The lowest BCUT2D eigenvalue weighted by Gasteiger charge is -2.21. The number of hydrogen-bond acceptors (Lipinski definition) is 15. The molecule has 0 aliphatic carbocycles. The minimum Gasteiger partial charge on any atom is -0.462 e. The minimum atomic E-state index is -4.99. The fraction of sp³-hybridized carbons (Fsp3) is 0.704. The van der Waals surface area contributed by atoms with E-state index in [2.05, 4.69) is 149 Å². The number of esters is 4. The molecule has 0 aromatic carbocycles. The van der Waals surface area contributed by atoms with Crippen LogP contribution in [0.25, 0.3) is 0 Å². The van der Waals surface area contributed by atoms with Crippen molar-refractivity contribution in [1.29, 1.82) is 0 Å². The van der Waals surface area contributed by atoms with Crippen LogP contribution in [0.3, 0.4) is 0 Å². The molecule has 0 aliphatic rings. The molecule has 0 aromatic rings. The van der Waals surface area contributed by atoms with Gasteiger partial charge in [-0.05, 0) is 154 Å². The molecule has 0 amide bonds. The second kappa shape index (κ2) is 72.8. The van der Waals surface area contributed by atoms with E-state index in [9.17, 15) is 43.2 Å². The molecule has 0 aliphatic heterocycles. The van der Waals surface area contributed by atoms with E-state index < -0.39 is 97.5 Å². The highest BCUT2D eigenvalue weighted by Gasteiger charge is 2.30. The van der Waals surface area contributed by atoms with Crippen LogP contribution in [0.5, 0.6) is 0 Å². The van der Waals surface area contributed by atoms with E-state index >= 15 is 0 Å². The lowest BCUT2D eigenvalue weighted by atomic mass is 10.1. The largest absolute Gasteiger partial charge is 0.472 e. The summed E-state index contributed by atoms with van der Waals surface area (Å²) in [5.74, 6) is -2.25. The molecule has 5 unspecified atom stereocenters. The second-order valence-electron chi connectivity index (χ2n) is 25.5. The van der Waals surface area contributed by atoms with Crippen molar-refractivity contribution in [3.63, 3.8) is 0 Å². The summed E-state index contributed by atoms with van der Waals surface area (Å²) in [7, 11) is -9.97. The first-order valence-corrected chi connectivity index (χ1v) is 41.8. The van der Waals surface area contributed by atoms with Gasteiger partial charge in [-0.15, -0.1) is 0 Å². The van der Waals surface area contributed by atoms with E-state index in [1.165, 1.54) is 44.9 Å². The van der Waals surface area contributed by atoms with Crippen molar-refractivity contribution >= 4 is 39.5 Å². The molecule has 100 heavy (non-hydrogen) atoms. The zero-order valence-electron chi connectivity index (χ0n) is 62.6. The van der Waals surface area contributed by atoms with Crippen LogP contribution >= 0.6 is 15.6 Å². The number of phosphoric acid groups is 2. The first kappa shape index (κ1) is 95.5. The number of carbonyl (C=O) groups is 4. The van der Waals surface area contributed by atoms with Gasteiger partial charge in [0.25, 0.3) is 0 Å². The Kier molecular flexibility index (Phi) is 69.5. The van der Waals surface area contributed by atoms with Crippen LogP contribution in [-0.4, -0.2) is 96.7 Å². The average molecular weight is 1450 g/mol. The Labute approximate surface area is 606 Å². The Bertz CT molecular complexity index is 2370. The van der Waals surface area contributed by atoms with Crippen LogP contribution < -0.4 is 0 Å². The summed E-state index contributed by atoms with van der Waals surface area (Å²) in [5.41, 5.74) is 0. The number of carbonyl (C=O) groups excluding carboxylic acids is 4. The van der Waals surface area contributed by atoms with Gasteiger partial charge in [-0.2, -0.15) is 0 Å². The third-order valence-electron chi connectivity index (χ3n) is 15.9. The van der Waals surface area contributed by atoms with Crippen LogP contribution in [0.15, 0.2) is 122 Å². The maximum atomic E-state index is 13.1. The monoisotopic (exact) mass is 1440 g/mol. The number of phosphoric ester groups is 2. The molecule has 0 aromatic heterocycles. The van der Waals surface area contributed by atoms with Crippen molar-refractivity contribution in [3.8, 4) is 0 Å². The van der Waals surface area contributed by atoms with Gasteiger partial charge in [0, 0.05) is 25.7 Å². The van der Waals surface area contributed by atoms with Crippen molar-refractivity contribution in [2.45, 2.75) is 329 Å². The van der Waals surface area contributed by atoms with E-state index in [4.69, 9.17) is 37.0 Å². The smallest absolute Gasteiger partial charge is 0.462 e. The van der Waals surface area contributed by atoms with Crippen molar-refractivity contribution in [2.24, 2.45) is 0 Å². The van der Waals surface area contributed by atoms with Gasteiger partial charge < -0.3 is 33.8 Å². The highest BCUT2D eigenvalue weighted by Crippen LogP contribution is 2.45. The topological polar surface area (TPSA) is 237 Å². The molecular weight excluding hydrogens is 1310 g/mol. The molecule has 17 nitrogen and oxygen atoms in total. The van der Waals surface area contributed by atoms with Crippen molar-refractivity contribution in [1.82, 2.24) is 0 Å². The van der Waals surface area contributed by atoms with Gasteiger partial charge in [-0.1, -0.05) is 252 Å². The maximum absolute atomic E-state index is 13.1. The van der Waals surface area contributed by atoms with Gasteiger partial charge in [0.1, 0.15) is 19.3 Å². The molecule has 0 saturated heterocycles. The number of aliphatic hydroxyl groups excluding tert-OH is 1. The highest BCUT2D eigenvalue weighted by molar-refractivity contribution is 7.47. The number of rotatable bonds is 72. The van der Waals surface area contributed by atoms with Crippen molar-refractivity contribution in [3.05, 3.63) is 122 Å². The molecule has 0 bridgehead atoms. The predicted octanol–water partition coefficient (Wildman–Crippen LogP) is 22.3. The minimum absolute atomic E-state index is 0.0677. The highest BCUT2D eigenvalue weighted by atomic mass is 31.2. The van der Waals surface area contributed by atoms with Gasteiger partial charge >= 0.3 is 39.5 Å². The Balaban J connectivity index is 5.40. The molecule has 0 saturated carbocycles. The van der Waals surface area contributed by atoms with Crippen LogP contribution in [0.1, 0.15) is 310 Å². The van der Waals surface area contributed by atoms with E-state index in [0.29, 0.717) is 25.7 Å². The standard InChI is InChI=1S/C81H138O17P2/c1-5-9-13-17-21-25-29-33-36-37-40-43-46-50-54-58-62-66-79(84)92-71-76(97-80(85)67-63-59-55-51-47-41-32-28-24-20-16-12-8-4)73-95-99(87,88)93-69-75(82)70-94-100(89,90)96-74-77(98-81(86)68-64-60-56-52-48-44-39-35-31-27-23-19-15-11-7-3)72-91-78(83)65-61-57-53-49-45-42-38-34-30-26-22-18-14-10-6-2/h9-10,13-14,21-23,25-28,32-36,38-39,45,49,75-77,82H,5-8,11-12,15-20,24,29-31,37,40-44,46-48,50-74H2,1-4H3,(H,87,88)(H,89,90)/b13-9-,14-10-,25-21-,26-22-,27-23-,32-28-,36-33-,38-34-,39-35-,49-45-. The first-order valence-electron chi connectivity index (χ1n) is 38.8. The molecule has 0 heterocycles. The van der Waals surface area contributed by atoms with Crippen LogP contribution in [-0.2, 0) is 65.4 Å².